The topological polar surface area (TPSA) is 37.4 Å². The van der Waals surface area contributed by atoms with Crippen LogP contribution in [0.25, 0.3) is 0 Å². The number of nitrogens with one attached hydrogen (secondary N) is 1. The van der Waals surface area contributed by atoms with Crippen molar-refractivity contribution in [2.24, 2.45) is 0 Å². The average molecular weight is 237 g/mol. The Bertz CT molecular complexity index is 317. The molecule has 0 saturated heterocycles. The number of likely N-dealkylation sites (N-methyl/N-ethyl adjacent to an activating group) is 1. The van der Waals surface area contributed by atoms with Gasteiger partial charge in [0.15, 0.2) is 0 Å². The predicted octanol–water partition coefficient (Wildman–Crippen LogP) is 1.66. The van der Waals surface area contributed by atoms with Crippen molar-refractivity contribution in [1.29, 1.82) is 0 Å². The summed E-state index contributed by atoms with van der Waals surface area (Å²) in [7, 11) is 2.04. The molecular formula is C13H23N3O. The molecule has 1 N–H and O–H groups in total. The summed E-state index contributed by atoms with van der Waals surface area (Å²) in [6, 6.07) is 6.12. The third-order valence-electron chi connectivity index (χ3n) is 2.51. The van der Waals surface area contributed by atoms with Crippen LogP contribution in [0.1, 0.15) is 19.5 Å². The number of nitrogens with zero attached hydrogens (tertiary/aromatic N) is 2. The van der Waals surface area contributed by atoms with Crippen molar-refractivity contribution in [3.05, 3.63) is 23.9 Å². The Balaban J connectivity index is 2.51. The van der Waals surface area contributed by atoms with E-state index in [2.05, 4.69) is 22.1 Å². The first kappa shape index (κ1) is 13.9. The van der Waals surface area contributed by atoms with Crippen LogP contribution in [-0.2, 0) is 11.3 Å². The minimum Gasteiger partial charge on any atom is -0.380 e. The van der Waals surface area contributed by atoms with E-state index in [1.807, 2.05) is 32.2 Å². The first-order valence-corrected chi connectivity index (χ1v) is 6.23. The normalized spacial score (nSPS) is 10.5. The lowest BCUT2D eigenvalue weighted by Crippen LogP contribution is -2.24. The van der Waals surface area contributed by atoms with Crippen molar-refractivity contribution >= 4 is 5.82 Å². The fourth-order valence-electron chi connectivity index (χ4n) is 1.49. The number of pyridine rings is 1. The average Bonchev–Trinajstić information content (AvgIpc) is 2.37. The summed E-state index contributed by atoms with van der Waals surface area (Å²) in [5.74, 6) is 1.00. The minimum atomic E-state index is 0.742. The first-order valence-electron chi connectivity index (χ1n) is 6.23. The van der Waals surface area contributed by atoms with E-state index >= 15 is 0 Å². The number of rotatable bonds is 8. The minimum absolute atomic E-state index is 0.742. The van der Waals surface area contributed by atoms with E-state index < -0.39 is 0 Å². The van der Waals surface area contributed by atoms with Gasteiger partial charge in [-0.1, -0.05) is 13.0 Å². The highest BCUT2D eigenvalue weighted by Gasteiger charge is 2.03. The summed E-state index contributed by atoms with van der Waals surface area (Å²) in [5.41, 5.74) is 1.08. The van der Waals surface area contributed by atoms with Crippen LogP contribution in [-0.4, -0.2) is 38.3 Å². The van der Waals surface area contributed by atoms with Crippen molar-refractivity contribution in [1.82, 2.24) is 10.3 Å². The lowest BCUT2D eigenvalue weighted by atomic mass is 10.3. The molecule has 0 atom stereocenters. The molecule has 4 heteroatoms. The highest BCUT2D eigenvalue weighted by molar-refractivity contribution is 5.38. The summed E-state index contributed by atoms with van der Waals surface area (Å²) >= 11 is 0. The smallest absolute Gasteiger partial charge is 0.128 e. The molecule has 0 amide bonds. The Kier molecular flexibility index (Phi) is 6.58. The molecular weight excluding hydrogens is 214 g/mol. The molecule has 0 aliphatic rings. The fraction of sp³-hybridized carbons (Fsp3) is 0.615. The largest absolute Gasteiger partial charge is 0.380 e. The second-order valence-electron chi connectivity index (χ2n) is 3.89. The SMILES string of the molecule is CCNCc1cccc(N(C)CCOCC)n1. The number of anilines is 1. The molecule has 0 unspecified atom stereocenters. The molecule has 17 heavy (non-hydrogen) atoms. The lowest BCUT2D eigenvalue weighted by molar-refractivity contribution is 0.154. The maximum Gasteiger partial charge on any atom is 0.128 e. The summed E-state index contributed by atoms with van der Waals surface area (Å²) in [6.07, 6.45) is 0. The molecule has 1 aromatic rings. The maximum absolute atomic E-state index is 5.34. The van der Waals surface area contributed by atoms with Crippen LogP contribution in [0.5, 0.6) is 0 Å². The van der Waals surface area contributed by atoms with E-state index in [1.165, 1.54) is 0 Å². The fourth-order valence-corrected chi connectivity index (χ4v) is 1.49. The van der Waals surface area contributed by atoms with Crippen LogP contribution in [0.15, 0.2) is 18.2 Å². The molecule has 96 valence electrons. The van der Waals surface area contributed by atoms with E-state index in [0.29, 0.717) is 0 Å². The van der Waals surface area contributed by atoms with E-state index in [0.717, 1.165) is 44.4 Å². The Labute approximate surface area is 104 Å². The summed E-state index contributed by atoms with van der Waals surface area (Å²) in [6.45, 7) is 8.27. The molecule has 0 aromatic carbocycles. The molecule has 0 radical (unpaired) electrons. The van der Waals surface area contributed by atoms with Crippen LogP contribution in [0.3, 0.4) is 0 Å². The molecule has 1 rings (SSSR count). The van der Waals surface area contributed by atoms with E-state index in [9.17, 15) is 0 Å². The molecule has 0 aliphatic heterocycles. The van der Waals surface area contributed by atoms with Gasteiger partial charge in [-0.15, -0.1) is 0 Å². The second-order valence-corrected chi connectivity index (χ2v) is 3.89. The molecule has 4 nitrogen and oxygen atoms in total. The Morgan fingerprint density at radius 2 is 2.18 bits per heavy atom. The van der Waals surface area contributed by atoms with Gasteiger partial charge in [-0.3, -0.25) is 0 Å². The zero-order valence-electron chi connectivity index (χ0n) is 11.1. The van der Waals surface area contributed by atoms with Crippen molar-refractivity contribution in [2.45, 2.75) is 20.4 Å². The second kappa shape index (κ2) is 8.03. The highest BCUT2D eigenvalue weighted by Crippen LogP contribution is 2.09. The number of aromatic nitrogens is 1. The highest BCUT2D eigenvalue weighted by atomic mass is 16.5. The zero-order valence-corrected chi connectivity index (χ0v) is 11.1. The van der Waals surface area contributed by atoms with Crippen molar-refractivity contribution in [2.75, 3.05) is 38.3 Å². The van der Waals surface area contributed by atoms with Crippen LogP contribution < -0.4 is 10.2 Å². The van der Waals surface area contributed by atoms with Gasteiger partial charge in [-0.2, -0.15) is 0 Å². The number of ether oxygens (including phenoxy) is 1. The van der Waals surface area contributed by atoms with Gasteiger partial charge in [-0.05, 0) is 25.6 Å². The van der Waals surface area contributed by atoms with E-state index in [1.54, 1.807) is 0 Å². The zero-order chi connectivity index (χ0) is 12.5. The standard InChI is InChI=1S/C13H23N3O/c1-4-14-11-12-7-6-8-13(15-12)16(3)9-10-17-5-2/h6-8,14H,4-5,9-11H2,1-3H3. The van der Waals surface area contributed by atoms with Gasteiger partial charge < -0.3 is 15.0 Å². The Hall–Kier alpha value is -1.13. The summed E-state index contributed by atoms with van der Waals surface area (Å²) in [4.78, 5) is 6.71. The van der Waals surface area contributed by atoms with Gasteiger partial charge in [0.25, 0.3) is 0 Å². The monoisotopic (exact) mass is 237 g/mol. The van der Waals surface area contributed by atoms with Gasteiger partial charge in [-0.25, -0.2) is 4.98 Å². The van der Waals surface area contributed by atoms with Gasteiger partial charge >= 0.3 is 0 Å². The molecule has 0 fully saturated rings. The van der Waals surface area contributed by atoms with Crippen LogP contribution in [0, 0.1) is 0 Å². The Morgan fingerprint density at radius 1 is 1.35 bits per heavy atom. The number of hydrogen-bond acceptors (Lipinski definition) is 4. The van der Waals surface area contributed by atoms with Crippen molar-refractivity contribution < 1.29 is 4.74 Å². The van der Waals surface area contributed by atoms with E-state index in [4.69, 9.17) is 4.74 Å². The third kappa shape index (κ3) is 5.15. The van der Waals surface area contributed by atoms with Crippen molar-refractivity contribution in [3.8, 4) is 0 Å². The molecule has 1 aromatic heterocycles. The first-order chi connectivity index (χ1) is 8.27. The number of hydrogen-bond donors (Lipinski definition) is 1. The van der Waals surface area contributed by atoms with Gasteiger partial charge in [0.1, 0.15) is 5.82 Å². The molecule has 1 heterocycles. The van der Waals surface area contributed by atoms with Gasteiger partial charge in [0.05, 0.1) is 12.3 Å². The molecule has 0 saturated carbocycles. The summed E-state index contributed by atoms with van der Waals surface area (Å²) < 4.78 is 5.34. The maximum atomic E-state index is 5.34. The quantitative estimate of drug-likeness (QED) is 0.698. The van der Waals surface area contributed by atoms with Crippen LogP contribution in [0.4, 0.5) is 5.82 Å². The van der Waals surface area contributed by atoms with Gasteiger partial charge in [0, 0.05) is 26.7 Å². The van der Waals surface area contributed by atoms with Crippen LogP contribution in [0.2, 0.25) is 0 Å². The van der Waals surface area contributed by atoms with E-state index in [-0.39, 0.29) is 0 Å². The lowest BCUT2D eigenvalue weighted by Gasteiger charge is -2.18. The molecule has 0 aliphatic carbocycles. The van der Waals surface area contributed by atoms with Gasteiger partial charge in [0.2, 0.25) is 0 Å². The van der Waals surface area contributed by atoms with Crippen LogP contribution >= 0.6 is 0 Å². The Morgan fingerprint density at radius 3 is 2.88 bits per heavy atom. The predicted molar refractivity (Wildman–Crippen MR) is 71.4 cm³/mol. The van der Waals surface area contributed by atoms with Crippen molar-refractivity contribution in [3.63, 3.8) is 0 Å². The molecule has 0 bridgehead atoms. The molecule has 0 spiro atoms. The summed E-state index contributed by atoms with van der Waals surface area (Å²) in [5, 5.41) is 3.28. The third-order valence-corrected chi connectivity index (χ3v) is 2.51.